The van der Waals surface area contributed by atoms with E-state index in [2.05, 4.69) is 0 Å². The summed E-state index contributed by atoms with van der Waals surface area (Å²) in [5, 5.41) is 0.956. The average Bonchev–Trinajstić information content (AvgIpc) is 3.32. The molecule has 1 aromatic carbocycles. The van der Waals surface area contributed by atoms with E-state index in [4.69, 9.17) is 16.0 Å². The number of fused-ring (bicyclic) bond motifs is 1. The van der Waals surface area contributed by atoms with Gasteiger partial charge < -0.3 is 9.32 Å². The van der Waals surface area contributed by atoms with Crippen molar-refractivity contribution in [3.8, 4) is 0 Å². The van der Waals surface area contributed by atoms with E-state index < -0.39 is 10.0 Å². The second-order valence-corrected chi connectivity index (χ2v) is 11.0. The fourth-order valence-electron chi connectivity index (χ4n) is 3.54. The van der Waals surface area contributed by atoms with E-state index in [0.717, 1.165) is 39.0 Å². The van der Waals surface area contributed by atoms with Gasteiger partial charge in [0.05, 0.1) is 17.0 Å². The number of thiophene rings is 1. The minimum atomic E-state index is -3.56. The van der Waals surface area contributed by atoms with Crippen molar-refractivity contribution in [3.05, 3.63) is 51.6 Å². The van der Waals surface area contributed by atoms with Crippen molar-refractivity contribution in [1.29, 1.82) is 0 Å². The van der Waals surface area contributed by atoms with Crippen molar-refractivity contribution in [1.82, 2.24) is 9.21 Å². The third kappa shape index (κ3) is 3.82. The minimum absolute atomic E-state index is 0.0258. The number of rotatable bonds is 4. The Morgan fingerprint density at radius 3 is 2.52 bits per heavy atom. The Morgan fingerprint density at radius 2 is 1.86 bits per heavy atom. The Labute approximate surface area is 178 Å². The number of hydrogen-bond donors (Lipinski definition) is 0. The molecule has 1 saturated heterocycles. The minimum Gasteiger partial charge on any atom is -0.464 e. The van der Waals surface area contributed by atoms with Crippen LogP contribution in [-0.4, -0.2) is 49.7 Å². The zero-order valence-electron chi connectivity index (χ0n) is 16.1. The fourth-order valence-corrected chi connectivity index (χ4v) is 6.60. The average molecular weight is 453 g/mol. The van der Waals surface area contributed by atoms with Gasteiger partial charge in [-0.25, -0.2) is 8.42 Å². The van der Waals surface area contributed by atoms with E-state index in [-0.39, 0.29) is 29.6 Å². The van der Waals surface area contributed by atoms with Gasteiger partial charge in [0.1, 0.15) is 9.79 Å². The van der Waals surface area contributed by atoms with Gasteiger partial charge in [0, 0.05) is 37.1 Å². The van der Waals surface area contributed by atoms with Crippen LogP contribution in [0.4, 0.5) is 0 Å². The van der Waals surface area contributed by atoms with Gasteiger partial charge in [-0.2, -0.15) is 4.31 Å². The van der Waals surface area contributed by atoms with Gasteiger partial charge in [0.15, 0.2) is 0 Å². The Bertz CT molecular complexity index is 1170. The first-order valence-electron chi connectivity index (χ1n) is 9.27. The Hall–Kier alpha value is -1.87. The second-order valence-electron chi connectivity index (χ2n) is 7.17. The molecule has 154 valence electrons. The zero-order valence-corrected chi connectivity index (χ0v) is 18.5. The number of benzene rings is 1. The molecule has 0 N–H and O–H groups in total. The number of hydrogen-bond acceptors (Lipinski definition) is 5. The highest BCUT2D eigenvalue weighted by atomic mass is 35.5. The van der Waals surface area contributed by atoms with Crippen LogP contribution >= 0.6 is 22.9 Å². The van der Waals surface area contributed by atoms with Crippen LogP contribution in [0.3, 0.4) is 0 Å². The smallest absolute Gasteiger partial charge is 0.252 e. The van der Waals surface area contributed by atoms with Gasteiger partial charge in [0.25, 0.3) is 10.0 Å². The van der Waals surface area contributed by atoms with Crippen LogP contribution in [0, 0.1) is 13.8 Å². The number of carbonyl (C=O) groups is 1. The Balaban J connectivity index is 1.43. The maximum atomic E-state index is 12.8. The molecule has 0 unspecified atom stereocenters. The first kappa shape index (κ1) is 20.4. The second kappa shape index (κ2) is 7.75. The van der Waals surface area contributed by atoms with E-state index in [1.54, 1.807) is 17.2 Å². The molecule has 6 nitrogen and oxygen atoms in total. The van der Waals surface area contributed by atoms with Crippen LogP contribution in [-0.2, 0) is 21.2 Å². The SMILES string of the molecule is Cc1ccc2c(CC(=O)N3CCN(S(=O)(=O)c4ccc(Cl)s4)CC3)coc2c1C. The van der Waals surface area contributed by atoms with Crippen molar-refractivity contribution in [2.75, 3.05) is 26.2 Å². The monoisotopic (exact) mass is 452 g/mol. The summed E-state index contributed by atoms with van der Waals surface area (Å²) in [4.78, 5) is 14.5. The maximum Gasteiger partial charge on any atom is 0.252 e. The molecule has 9 heteroatoms. The Kier molecular flexibility index (Phi) is 5.46. The van der Waals surface area contributed by atoms with Gasteiger partial charge >= 0.3 is 0 Å². The molecule has 0 saturated carbocycles. The lowest BCUT2D eigenvalue weighted by Crippen LogP contribution is -2.50. The molecule has 0 atom stereocenters. The molecule has 3 heterocycles. The predicted octanol–water partition coefficient (Wildman–Crippen LogP) is 3.84. The van der Waals surface area contributed by atoms with Crippen molar-refractivity contribution in [2.45, 2.75) is 24.5 Å². The summed E-state index contributed by atoms with van der Waals surface area (Å²) in [5.41, 5.74) is 3.90. The Morgan fingerprint density at radius 1 is 1.14 bits per heavy atom. The molecule has 0 spiro atoms. The molecule has 1 aliphatic rings. The zero-order chi connectivity index (χ0) is 20.8. The summed E-state index contributed by atoms with van der Waals surface area (Å²) in [7, 11) is -3.56. The lowest BCUT2D eigenvalue weighted by Gasteiger charge is -2.33. The highest BCUT2D eigenvalue weighted by Gasteiger charge is 2.31. The van der Waals surface area contributed by atoms with Crippen LogP contribution in [0.15, 0.2) is 39.2 Å². The molecule has 2 aromatic heterocycles. The number of aryl methyl sites for hydroxylation is 2. The molecule has 1 amide bonds. The highest BCUT2D eigenvalue weighted by Crippen LogP contribution is 2.29. The molecule has 4 rings (SSSR count). The number of nitrogens with zero attached hydrogens (tertiary/aromatic N) is 2. The summed E-state index contributed by atoms with van der Waals surface area (Å²) in [6.07, 6.45) is 1.89. The molecule has 0 aliphatic carbocycles. The number of sulfonamides is 1. The third-order valence-electron chi connectivity index (χ3n) is 5.42. The molecule has 0 radical (unpaired) electrons. The molecular formula is C20H21ClN2O4S2. The molecule has 3 aromatic rings. The van der Waals surface area contributed by atoms with E-state index in [1.807, 2.05) is 26.0 Å². The van der Waals surface area contributed by atoms with Gasteiger partial charge in [-0.15, -0.1) is 11.3 Å². The largest absolute Gasteiger partial charge is 0.464 e. The van der Waals surface area contributed by atoms with Crippen LogP contribution < -0.4 is 0 Å². The first-order valence-corrected chi connectivity index (χ1v) is 11.9. The number of carbonyl (C=O) groups excluding carboxylic acids is 1. The number of amides is 1. The number of piperazine rings is 1. The van der Waals surface area contributed by atoms with Crippen molar-refractivity contribution < 1.29 is 17.6 Å². The third-order valence-corrected chi connectivity index (χ3v) is 9.01. The summed E-state index contributed by atoms with van der Waals surface area (Å²) in [6, 6.07) is 7.12. The van der Waals surface area contributed by atoms with Crippen LogP contribution in [0.2, 0.25) is 4.34 Å². The summed E-state index contributed by atoms with van der Waals surface area (Å²) < 4.78 is 33.2. The molecule has 1 fully saturated rings. The normalized spacial score (nSPS) is 15.9. The standard InChI is InChI=1S/C20H21ClN2O4S2/c1-13-3-4-16-15(12-27-20(16)14(13)2)11-18(24)22-7-9-23(10-8-22)29(25,26)19-6-5-17(21)28-19/h3-6,12H,7-11H2,1-2H3. The summed E-state index contributed by atoms with van der Waals surface area (Å²) in [6.45, 7) is 5.31. The summed E-state index contributed by atoms with van der Waals surface area (Å²) in [5.74, 6) is -0.0258. The van der Waals surface area contributed by atoms with Crippen molar-refractivity contribution in [2.24, 2.45) is 0 Å². The molecule has 0 bridgehead atoms. The maximum absolute atomic E-state index is 12.8. The van der Waals surface area contributed by atoms with Crippen molar-refractivity contribution in [3.63, 3.8) is 0 Å². The number of furan rings is 1. The van der Waals surface area contributed by atoms with Gasteiger partial charge in [0.2, 0.25) is 5.91 Å². The fraction of sp³-hybridized carbons (Fsp3) is 0.350. The van der Waals surface area contributed by atoms with Crippen LogP contribution in [0.25, 0.3) is 11.0 Å². The van der Waals surface area contributed by atoms with Crippen LogP contribution in [0.5, 0.6) is 0 Å². The van der Waals surface area contributed by atoms with Gasteiger partial charge in [-0.05, 0) is 37.1 Å². The quantitative estimate of drug-likeness (QED) is 0.603. The van der Waals surface area contributed by atoms with Gasteiger partial charge in [-0.1, -0.05) is 23.7 Å². The molecule has 1 aliphatic heterocycles. The topological polar surface area (TPSA) is 70.8 Å². The molecule has 29 heavy (non-hydrogen) atoms. The highest BCUT2D eigenvalue weighted by molar-refractivity contribution is 7.91. The summed E-state index contributed by atoms with van der Waals surface area (Å²) >= 11 is 6.92. The lowest BCUT2D eigenvalue weighted by molar-refractivity contribution is -0.131. The molecular weight excluding hydrogens is 432 g/mol. The number of halogens is 1. The van der Waals surface area contributed by atoms with E-state index in [9.17, 15) is 13.2 Å². The van der Waals surface area contributed by atoms with Gasteiger partial charge in [-0.3, -0.25) is 4.79 Å². The van der Waals surface area contributed by atoms with E-state index in [0.29, 0.717) is 17.4 Å². The predicted molar refractivity (Wildman–Crippen MR) is 114 cm³/mol. The first-order chi connectivity index (χ1) is 13.8. The van der Waals surface area contributed by atoms with E-state index in [1.165, 1.54) is 10.4 Å². The van der Waals surface area contributed by atoms with Crippen LogP contribution in [0.1, 0.15) is 16.7 Å². The van der Waals surface area contributed by atoms with E-state index >= 15 is 0 Å². The lowest BCUT2D eigenvalue weighted by atomic mass is 10.0. The van der Waals surface area contributed by atoms with Crippen molar-refractivity contribution >= 4 is 49.8 Å².